The Hall–Kier alpha value is -0.160. The van der Waals surface area contributed by atoms with Crippen molar-refractivity contribution < 1.29 is 5.11 Å². The molecule has 2 N–H and O–H groups in total. The van der Waals surface area contributed by atoms with Gasteiger partial charge in [-0.3, -0.25) is 0 Å². The van der Waals surface area contributed by atoms with Crippen LogP contribution in [0.5, 0.6) is 0 Å². The number of rotatable bonds is 7. The molecule has 2 aliphatic rings. The molecule has 0 aromatic carbocycles. The van der Waals surface area contributed by atoms with Crippen LogP contribution in [0.4, 0.5) is 0 Å². The predicted octanol–water partition coefficient (Wildman–Crippen LogP) is 1.15. The van der Waals surface area contributed by atoms with E-state index in [1.807, 2.05) is 0 Å². The van der Waals surface area contributed by atoms with E-state index in [4.69, 9.17) is 0 Å². The number of nitrogens with zero attached hydrogens (tertiary/aromatic N) is 2. The average Bonchev–Trinajstić information content (AvgIpc) is 2.90. The van der Waals surface area contributed by atoms with Crippen molar-refractivity contribution in [3.05, 3.63) is 0 Å². The molecule has 2 fully saturated rings. The highest BCUT2D eigenvalue weighted by atomic mass is 16.3. The maximum absolute atomic E-state index is 10.1. The second kappa shape index (κ2) is 8.32. The third-order valence-corrected chi connectivity index (χ3v) is 4.52. The molecular weight excluding hydrogens is 250 g/mol. The highest BCUT2D eigenvalue weighted by Crippen LogP contribution is 2.12. The normalized spacial score (nSPS) is 24.6. The van der Waals surface area contributed by atoms with Crippen LogP contribution in [-0.2, 0) is 0 Å². The lowest BCUT2D eigenvalue weighted by molar-refractivity contribution is 0.112. The van der Waals surface area contributed by atoms with Crippen LogP contribution in [0.2, 0.25) is 0 Å². The maximum Gasteiger partial charge on any atom is 0.0791 e. The summed E-state index contributed by atoms with van der Waals surface area (Å²) in [5.41, 5.74) is 0. The summed E-state index contributed by atoms with van der Waals surface area (Å²) in [5, 5.41) is 13.7. The van der Waals surface area contributed by atoms with E-state index in [9.17, 15) is 5.11 Å². The lowest BCUT2D eigenvalue weighted by Gasteiger charge is -2.34. The van der Waals surface area contributed by atoms with Gasteiger partial charge in [-0.2, -0.15) is 0 Å². The second-order valence-electron chi connectivity index (χ2n) is 7.04. The van der Waals surface area contributed by atoms with Crippen LogP contribution in [-0.4, -0.2) is 72.9 Å². The number of nitrogens with one attached hydrogen (secondary N) is 1. The minimum Gasteiger partial charge on any atom is -0.390 e. The van der Waals surface area contributed by atoms with Crippen molar-refractivity contribution in [2.24, 2.45) is 5.92 Å². The van der Waals surface area contributed by atoms with Gasteiger partial charge in [0.25, 0.3) is 0 Å². The van der Waals surface area contributed by atoms with Crippen LogP contribution in [0.1, 0.15) is 39.5 Å². The number of hydrogen-bond acceptors (Lipinski definition) is 4. The molecule has 1 atom stereocenters. The first-order valence-corrected chi connectivity index (χ1v) is 8.49. The van der Waals surface area contributed by atoms with Crippen molar-refractivity contribution in [1.29, 1.82) is 0 Å². The Morgan fingerprint density at radius 1 is 1.00 bits per heavy atom. The summed E-state index contributed by atoms with van der Waals surface area (Å²) < 4.78 is 0. The van der Waals surface area contributed by atoms with E-state index in [0.717, 1.165) is 19.0 Å². The van der Waals surface area contributed by atoms with Gasteiger partial charge in [0.05, 0.1) is 6.10 Å². The fourth-order valence-corrected chi connectivity index (χ4v) is 3.47. The summed E-state index contributed by atoms with van der Waals surface area (Å²) in [7, 11) is 0. The molecular formula is C16H33N3O. The third-order valence-electron chi connectivity index (χ3n) is 4.52. The molecule has 0 aliphatic carbocycles. The monoisotopic (exact) mass is 283 g/mol. The molecule has 1 unspecified atom stereocenters. The molecule has 0 saturated carbocycles. The molecule has 0 aromatic rings. The van der Waals surface area contributed by atoms with E-state index in [0.29, 0.717) is 6.04 Å². The van der Waals surface area contributed by atoms with Gasteiger partial charge in [-0.25, -0.2) is 0 Å². The smallest absolute Gasteiger partial charge is 0.0791 e. The molecule has 0 radical (unpaired) electrons. The van der Waals surface area contributed by atoms with Crippen molar-refractivity contribution in [1.82, 2.24) is 15.1 Å². The zero-order valence-corrected chi connectivity index (χ0v) is 13.4. The average molecular weight is 283 g/mol. The Morgan fingerprint density at radius 3 is 2.20 bits per heavy atom. The third kappa shape index (κ3) is 5.68. The Morgan fingerprint density at radius 2 is 1.60 bits per heavy atom. The zero-order chi connectivity index (χ0) is 14.4. The lowest BCUT2D eigenvalue weighted by atomic mass is 10.0. The number of aliphatic hydroxyl groups excluding tert-OH is 1. The van der Waals surface area contributed by atoms with Crippen molar-refractivity contribution in [3.63, 3.8) is 0 Å². The topological polar surface area (TPSA) is 38.7 Å². The Labute approximate surface area is 124 Å². The Bertz CT molecular complexity index is 258. The highest BCUT2D eigenvalue weighted by molar-refractivity contribution is 4.79. The largest absolute Gasteiger partial charge is 0.390 e. The zero-order valence-electron chi connectivity index (χ0n) is 13.4. The quantitative estimate of drug-likeness (QED) is 0.735. The molecule has 2 heterocycles. The van der Waals surface area contributed by atoms with Gasteiger partial charge in [0, 0.05) is 25.7 Å². The maximum atomic E-state index is 10.1. The fraction of sp³-hybridized carbons (Fsp3) is 1.00. The minimum absolute atomic E-state index is 0.207. The van der Waals surface area contributed by atoms with E-state index >= 15 is 0 Å². The number of aliphatic hydroxyl groups is 1. The van der Waals surface area contributed by atoms with Crippen LogP contribution in [0, 0.1) is 5.92 Å². The van der Waals surface area contributed by atoms with Gasteiger partial charge in [-0.05, 0) is 57.8 Å². The summed E-state index contributed by atoms with van der Waals surface area (Å²) in [5.74, 6) is 0.766. The summed E-state index contributed by atoms with van der Waals surface area (Å²) in [4.78, 5) is 4.96. The summed E-state index contributed by atoms with van der Waals surface area (Å²) in [6.45, 7) is 12.2. The molecule has 118 valence electrons. The molecule has 0 amide bonds. The molecule has 2 rings (SSSR count). The number of hydrogen-bond donors (Lipinski definition) is 2. The lowest BCUT2D eigenvalue weighted by Crippen LogP contribution is -2.46. The van der Waals surface area contributed by atoms with Crippen LogP contribution in [0.15, 0.2) is 0 Å². The van der Waals surface area contributed by atoms with Crippen LogP contribution in [0.25, 0.3) is 0 Å². The number of piperidine rings is 1. The minimum atomic E-state index is -0.207. The van der Waals surface area contributed by atoms with Crippen molar-refractivity contribution in [2.45, 2.75) is 51.7 Å². The molecule has 2 saturated heterocycles. The first-order chi connectivity index (χ1) is 9.63. The van der Waals surface area contributed by atoms with Gasteiger partial charge >= 0.3 is 0 Å². The number of likely N-dealkylation sites (tertiary alicyclic amines) is 2. The Kier molecular flexibility index (Phi) is 6.75. The molecule has 4 nitrogen and oxygen atoms in total. The molecule has 2 aliphatic heterocycles. The summed E-state index contributed by atoms with van der Waals surface area (Å²) >= 11 is 0. The predicted molar refractivity (Wildman–Crippen MR) is 84.0 cm³/mol. The molecule has 4 heteroatoms. The van der Waals surface area contributed by atoms with Gasteiger partial charge in [0.15, 0.2) is 0 Å². The van der Waals surface area contributed by atoms with Crippen LogP contribution in [0.3, 0.4) is 0 Å². The van der Waals surface area contributed by atoms with Gasteiger partial charge in [0.1, 0.15) is 0 Å². The van der Waals surface area contributed by atoms with Crippen LogP contribution >= 0.6 is 0 Å². The van der Waals surface area contributed by atoms with Crippen molar-refractivity contribution in [3.8, 4) is 0 Å². The van der Waals surface area contributed by atoms with Gasteiger partial charge in [0.2, 0.25) is 0 Å². The fourth-order valence-electron chi connectivity index (χ4n) is 3.47. The first kappa shape index (κ1) is 16.2. The van der Waals surface area contributed by atoms with Gasteiger partial charge < -0.3 is 20.2 Å². The molecule has 0 bridgehead atoms. The van der Waals surface area contributed by atoms with E-state index in [2.05, 4.69) is 29.0 Å². The molecule has 0 spiro atoms. The Balaban J connectivity index is 1.56. The van der Waals surface area contributed by atoms with E-state index < -0.39 is 0 Å². The molecule has 20 heavy (non-hydrogen) atoms. The van der Waals surface area contributed by atoms with Crippen LogP contribution < -0.4 is 5.32 Å². The van der Waals surface area contributed by atoms with Crippen molar-refractivity contribution in [2.75, 3.05) is 45.8 Å². The first-order valence-electron chi connectivity index (χ1n) is 8.49. The van der Waals surface area contributed by atoms with E-state index in [1.54, 1.807) is 0 Å². The number of β-amino-alcohol motifs (C(OH)–C–C–N with tert-alkyl or cyclic N) is 1. The molecule has 0 aromatic heterocycles. The standard InChI is InChI=1S/C16H33N3O/c1-14(2)12-19-9-5-15(6-10-19)17-11-16(20)13-18-7-3-4-8-18/h14-17,20H,3-13H2,1-2H3. The summed E-state index contributed by atoms with van der Waals surface area (Å²) in [6, 6.07) is 0.603. The van der Waals surface area contributed by atoms with Gasteiger partial charge in [-0.1, -0.05) is 13.8 Å². The SMILES string of the molecule is CC(C)CN1CCC(NCC(O)CN2CCCC2)CC1. The van der Waals surface area contributed by atoms with Crippen molar-refractivity contribution >= 4 is 0 Å². The van der Waals surface area contributed by atoms with E-state index in [-0.39, 0.29) is 6.10 Å². The summed E-state index contributed by atoms with van der Waals surface area (Å²) in [6.07, 6.45) is 4.84. The second-order valence-corrected chi connectivity index (χ2v) is 7.04. The van der Waals surface area contributed by atoms with Gasteiger partial charge in [-0.15, -0.1) is 0 Å². The van der Waals surface area contributed by atoms with E-state index in [1.165, 1.54) is 58.4 Å². The highest BCUT2D eigenvalue weighted by Gasteiger charge is 2.21.